The summed E-state index contributed by atoms with van der Waals surface area (Å²) in [6.45, 7) is 5.56. The number of carbonyl (C=O) groups excluding carboxylic acids is 1. The smallest absolute Gasteiger partial charge is 0.248 e. The van der Waals surface area contributed by atoms with Gasteiger partial charge in [0.2, 0.25) is 5.91 Å². The summed E-state index contributed by atoms with van der Waals surface area (Å²) in [5, 5.41) is 19.0. The first kappa shape index (κ1) is 29.7. The molecule has 44 heavy (non-hydrogen) atoms. The highest BCUT2D eigenvalue weighted by Gasteiger charge is 2.27. The zero-order valence-electron chi connectivity index (χ0n) is 24.9. The molecule has 4 heterocycles. The average molecular weight is 601 g/mol. The van der Waals surface area contributed by atoms with Crippen molar-refractivity contribution in [2.24, 2.45) is 0 Å². The van der Waals surface area contributed by atoms with Gasteiger partial charge in [-0.3, -0.25) is 9.69 Å². The third kappa shape index (κ3) is 6.16. The number of halogens is 1. The van der Waals surface area contributed by atoms with Crippen LogP contribution in [-0.4, -0.2) is 110 Å². The number of nitrogens with zero attached hydrogens (tertiary/aromatic N) is 7. The van der Waals surface area contributed by atoms with Crippen molar-refractivity contribution in [1.82, 2.24) is 34.6 Å². The number of benzene rings is 1. The summed E-state index contributed by atoms with van der Waals surface area (Å²) >= 11 is 0. The van der Waals surface area contributed by atoms with Gasteiger partial charge in [0.15, 0.2) is 5.65 Å². The molecule has 2 N–H and O–H groups in total. The van der Waals surface area contributed by atoms with Gasteiger partial charge >= 0.3 is 0 Å². The van der Waals surface area contributed by atoms with Gasteiger partial charge in [0.1, 0.15) is 54.6 Å². The van der Waals surface area contributed by atoms with Crippen molar-refractivity contribution in [2.75, 3.05) is 52.6 Å². The number of alkyl halides is 1. The number of aliphatic hydroxyl groups is 1. The number of aliphatic hydroxyl groups excluding tert-OH is 1. The van der Waals surface area contributed by atoms with E-state index in [9.17, 15) is 14.4 Å². The van der Waals surface area contributed by atoms with Crippen LogP contribution < -0.4 is 4.74 Å². The number of hydrogen-bond donors (Lipinski definition) is 2. The zero-order chi connectivity index (χ0) is 30.6. The SMILES string of the molecule is CC1CN(C2=CC=C(c3nc4c(-c5ccc(OC6CCN(C(=O)CO)CC6)c(C#N)c5)ncnc4[nH]3)CC2)CCN1CCF. The number of likely N-dealkylation sites (tertiary alicyclic amines) is 1. The van der Waals surface area contributed by atoms with Gasteiger partial charge in [-0.15, -0.1) is 0 Å². The summed E-state index contributed by atoms with van der Waals surface area (Å²) in [5.74, 6) is 0.967. The fraction of sp³-hybridized carbons (Fsp3) is 0.469. The number of carbonyl (C=O) groups is 1. The van der Waals surface area contributed by atoms with Crippen molar-refractivity contribution in [3.05, 3.63) is 53.8 Å². The number of amides is 1. The van der Waals surface area contributed by atoms with Crippen LogP contribution in [0.1, 0.15) is 44.0 Å². The number of H-pyrrole nitrogens is 1. The fourth-order valence-corrected chi connectivity index (χ4v) is 6.35. The molecule has 230 valence electrons. The molecule has 1 aliphatic carbocycles. The molecule has 6 rings (SSSR count). The highest BCUT2D eigenvalue weighted by atomic mass is 19.1. The summed E-state index contributed by atoms with van der Waals surface area (Å²) < 4.78 is 19.0. The molecule has 0 spiro atoms. The molecule has 0 saturated carbocycles. The molecule has 1 amide bonds. The van der Waals surface area contributed by atoms with E-state index < -0.39 is 6.61 Å². The summed E-state index contributed by atoms with van der Waals surface area (Å²) in [6, 6.07) is 7.99. The highest BCUT2D eigenvalue weighted by molar-refractivity contribution is 5.89. The van der Waals surface area contributed by atoms with E-state index in [0.717, 1.165) is 49.4 Å². The van der Waals surface area contributed by atoms with Crippen LogP contribution in [0.5, 0.6) is 5.75 Å². The Bertz CT molecular complexity index is 1620. The van der Waals surface area contributed by atoms with Gasteiger partial charge in [0.25, 0.3) is 0 Å². The number of hydrogen-bond acceptors (Lipinski definition) is 9. The summed E-state index contributed by atoms with van der Waals surface area (Å²) in [7, 11) is 0. The number of aromatic amines is 1. The fourth-order valence-electron chi connectivity index (χ4n) is 6.35. The van der Waals surface area contributed by atoms with Crippen LogP contribution in [0.2, 0.25) is 0 Å². The van der Waals surface area contributed by atoms with E-state index in [-0.39, 0.29) is 18.7 Å². The number of rotatable bonds is 8. The molecular formula is C32H37FN8O3. The van der Waals surface area contributed by atoms with Gasteiger partial charge in [0.05, 0.1) is 5.56 Å². The maximum Gasteiger partial charge on any atom is 0.248 e. The Labute approximate surface area is 255 Å². The predicted molar refractivity (Wildman–Crippen MR) is 163 cm³/mol. The lowest BCUT2D eigenvalue weighted by molar-refractivity contribution is -0.135. The third-order valence-corrected chi connectivity index (χ3v) is 8.85. The van der Waals surface area contributed by atoms with E-state index in [0.29, 0.717) is 66.7 Å². The second kappa shape index (κ2) is 13.1. The van der Waals surface area contributed by atoms with Gasteiger partial charge < -0.3 is 24.6 Å². The van der Waals surface area contributed by atoms with Crippen molar-refractivity contribution in [3.8, 4) is 23.1 Å². The number of piperazine rings is 1. The normalized spacial score (nSPS) is 19.9. The van der Waals surface area contributed by atoms with Crippen LogP contribution in [0.15, 0.2) is 42.4 Å². The number of fused-ring (bicyclic) bond motifs is 1. The van der Waals surface area contributed by atoms with E-state index in [1.807, 2.05) is 6.07 Å². The number of nitriles is 1. The molecule has 3 aromatic rings. The molecule has 2 aromatic heterocycles. The van der Waals surface area contributed by atoms with Gasteiger partial charge in [-0.05, 0) is 49.6 Å². The van der Waals surface area contributed by atoms with Gasteiger partial charge in [-0.2, -0.15) is 5.26 Å². The van der Waals surface area contributed by atoms with Crippen LogP contribution in [0.25, 0.3) is 28.0 Å². The molecule has 2 fully saturated rings. The Morgan fingerprint density at radius 2 is 2.02 bits per heavy atom. The average Bonchev–Trinajstić information content (AvgIpc) is 3.51. The van der Waals surface area contributed by atoms with Crippen LogP contribution in [-0.2, 0) is 4.79 Å². The first-order valence-corrected chi connectivity index (χ1v) is 15.2. The van der Waals surface area contributed by atoms with Crippen molar-refractivity contribution in [2.45, 2.75) is 44.8 Å². The molecule has 3 aliphatic rings. The quantitative estimate of drug-likeness (QED) is 0.399. The van der Waals surface area contributed by atoms with E-state index in [1.54, 1.807) is 17.0 Å². The first-order valence-electron chi connectivity index (χ1n) is 15.2. The molecule has 2 aliphatic heterocycles. The largest absolute Gasteiger partial charge is 0.489 e. The van der Waals surface area contributed by atoms with Gasteiger partial charge in [-0.1, -0.05) is 6.08 Å². The second-order valence-corrected chi connectivity index (χ2v) is 11.6. The number of nitrogens with one attached hydrogen (secondary N) is 1. The summed E-state index contributed by atoms with van der Waals surface area (Å²) in [5.41, 5.74) is 5.41. The Kier molecular flexibility index (Phi) is 8.86. The Morgan fingerprint density at radius 3 is 2.73 bits per heavy atom. The molecular weight excluding hydrogens is 563 g/mol. The van der Waals surface area contributed by atoms with Gasteiger partial charge in [-0.25, -0.2) is 19.3 Å². The Morgan fingerprint density at radius 1 is 1.18 bits per heavy atom. The highest BCUT2D eigenvalue weighted by Crippen LogP contribution is 2.33. The minimum atomic E-state index is -0.490. The van der Waals surface area contributed by atoms with E-state index >= 15 is 0 Å². The monoisotopic (exact) mass is 600 g/mol. The van der Waals surface area contributed by atoms with E-state index in [4.69, 9.17) is 14.8 Å². The van der Waals surface area contributed by atoms with E-state index in [2.05, 4.69) is 49.9 Å². The molecule has 0 radical (unpaired) electrons. The number of ether oxygens (including phenoxy) is 1. The molecule has 0 bridgehead atoms. The number of allylic oxidation sites excluding steroid dienone is 4. The summed E-state index contributed by atoms with van der Waals surface area (Å²) in [4.78, 5) is 35.2. The summed E-state index contributed by atoms with van der Waals surface area (Å²) in [6.07, 6.45) is 8.66. The lowest BCUT2D eigenvalue weighted by Gasteiger charge is -2.42. The molecule has 1 aromatic carbocycles. The first-order chi connectivity index (χ1) is 21.5. The minimum absolute atomic E-state index is 0.122. The number of imidazole rings is 1. The van der Waals surface area contributed by atoms with Crippen molar-refractivity contribution in [3.63, 3.8) is 0 Å². The van der Waals surface area contributed by atoms with Crippen LogP contribution in [0.4, 0.5) is 4.39 Å². The second-order valence-electron chi connectivity index (χ2n) is 11.6. The maximum atomic E-state index is 12.8. The number of piperidine rings is 1. The molecule has 12 heteroatoms. The maximum absolute atomic E-state index is 12.8. The molecule has 2 saturated heterocycles. The zero-order valence-corrected chi connectivity index (χ0v) is 24.9. The van der Waals surface area contributed by atoms with Crippen molar-refractivity contribution < 1.29 is 19.0 Å². The molecule has 1 atom stereocenters. The van der Waals surface area contributed by atoms with E-state index in [1.165, 1.54) is 12.0 Å². The van der Waals surface area contributed by atoms with Crippen molar-refractivity contribution >= 4 is 22.6 Å². The van der Waals surface area contributed by atoms with Crippen LogP contribution >= 0.6 is 0 Å². The number of aromatic nitrogens is 4. The van der Waals surface area contributed by atoms with Crippen LogP contribution in [0, 0.1) is 11.3 Å². The lowest BCUT2D eigenvalue weighted by atomic mass is 10.00. The van der Waals surface area contributed by atoms with Crippen LogP contribution in [0.3, 0.4) is 0 Å². The molecule has 11 nitrogen and oxygen atoms in total. The molecule has 1 unspecified atom stereocenters. The minimum Gasteiger partial charge on any atom is -0.489 e. The third-order valence-electron chi connectivity index (χ3n) is 8.85. The lowest BCUT2D eigenvalue weighted by Crippen LogP contribution is -2.51. The standard InChI is InChI=1S/C32H37FN8O3/c1-21-18-41(15-14-39(21)13-10-33)25-5-2-22(3-6-25)31-37-30-29(35-20-36-32(30)38-31)23-4-7-27(24(16-23)17-34)44-26-8-11-40(12-9-26)28(43)19-42/h2,4-5,7,16,20-21,26,42H,3,6,8-15,18-19H2,1H3,(H,35,36,37,38). The van der Waals surface area contributed by atoms with Crippen molar-refractivity contribution in [1.29, 1.82) is 5.26 Å². The Balaban J connectivity index is 1.17. The Hall–Kier alpha value is -4.34. The predicted octanol–water partition coefficient (Wildman–Crippen LogP) is 3.29. The van der Waals surface area contributed by atoms with Gasteiger partial charge in [0, 0.05) is 69.4 Å². The topological polar surface area (TPSA) is 134 Å².